The molecule has 13 nitrogen and oxygen atoms in total. The molecule has 1 saturated heterocycles. The maximum Gasteiger partial charge on any atom is 0.326 e. The van der Waals surface area contributed by atoms with Crippen molar-refractivity contribution in [2.24, 2.45) is 5.73 Å². The first-order valence-electron chi connectivity index (χ1n) is 11.5. The van der Waals surface area contributed by atoms with Crippen molar-refractivity contribution in [1.29, 1.82) is 0 Å². The van der Waals surface area contributed by atoms with Gasteiger partial charge in [0.15, 0.2) is 0 Å². The minimum Gasteiger partial charge on any atom is -0.480 e. The lowest BCUT2D eigenvalue weighted by atomic mass is 10.0. The smallest absolute Gasteiger partial charge is 0.326 e. The van der Waals surface area contributed by atoms with Gasteiger partial charge >= 0.3 is 5.97 Å². The third kappa shape index (κ3) is 6.79. The van der Waals surface area contributed by atoms with Crippen LogP contribution in [0.25, 0.3) is 10.9 Å². The van der Waals surface area contributed by atoms with Crippen molar-refractivity contribution >= 4 is 40.5 Å². The number of carboxylic acid groups (broad SMARTS) is 1. The fourth-order valence-electron chi connectivity index (χ4n) is 4.05. The molecule has 194 valence electrons. The second-order valence-electron chi connectivity index (χ2n) is 8.59. The molecule has 1 aliphatic rings. The predicted octanol–water partition coefficient (Wildman–Crippen LogP) is -2.13. The average Bonchev–Trinajstić information content (AvgIpc) is 3.52. The van der Waals surface area contributed by atoms with Gasteiger partial charge in [0.25, 0.3) is 0 Å². The molecule has 2 aromatic rings. The number of nitrogens with two attached hydrogens (primary N) is 1. The summed E-state index contributed by atoms with van der Waals surface area (Å²) >= 11 is 0. The zero-order valence-electron chi connectivity index (χ0n) is 19.5. The first-order valence-corrected chi connectivity index (χ1v) is 11.5. The number of hydrogen-bond acceptors (Lipinski definition) is 7. The zero-order chi connectivity index (χ0) is 26.2. The van der Waals surface area contributed by atoms with Gasteiger partial charge < -0.3 is 42.2 Å². The van der Waals surface area contributed by atoms with Crippen LogP contribution in [0.1, 0.15) is 24.8 Å². The van der Waals surface area contributed by atoms with Crippen LogP contribution in [0, 0.1) is 0 Å². The molecule has 4 amide bonds. The van der Waals surface area contributed by atoms with Gasteiger partial charge in [-0.1, -0.05) is 18.2 Å². The Morgan fingerprint density at radius 1 is 1.03 bits per heavy atom. The molecule has 3 rings (SSSR count). The van der Waals surface area contributed by atoms with Crippen LogP contribution in [0.3, 0.4) is 0 Å². The summed E-state index contributed by atoms with van der Waals surface area (Å²) in [6, 6.07) is 2.56. The molecule has 1 aliphatic heterocycles. The van der Waals surface area contributed by atoms with E-state index in [2.05, 4.69) is 26.3 Å². The van der Waals surface area contributed by atoms with Crippen LogP contribution in [-0.4, -0.2) is 82.1 Å². The van der Waals surface area contributed by atoms with E-state index in [0.29, 0.717) is 18.5 Å². The SMILES string of the molecule is NC(=O)CC(NC(=O)C(Cc1c[nH]c2ccccc12)NC(=O)C(CO)NC(=O)C1CCCN1)C(=O)O. The summed E-state index contributed by atoms with van der Waals surface area (Å²) in [4.78, 5) is 64.2. The van der Waals surface area contributed by atoms with Crippen molar-refractivity contribution in [3.05, 3.63) is 36.0 Å². The number of fused-ring (bicyclic) bond motifs is 1. The monoisotopic (exact) mass is 502 g/mol. The molecule has 13 heteroatoms. The molecule has 0 radical (unpaired) electrons. The van der Waals surface area contributed by atoms with Crippen molar-refractivity contribution in [3.8, 4) is 0 Å². The van der Waals surface area contributed by atoms with E-state index < -0.39 is 66.8 Å². The molecule has 36 heavy (non-hydrogen) atoms. The van der Waals surface area contributed by atoms with Crippen molar-refractivity contribution in [2.75, 3.05) is 13.2 Å². The highest BCUT2D eigenvalue weighted by molar-refractivity contribution is 5.95. The van der Waals surface area contributed by atoms with E-state index in [0.717, 1.165) is 17.3 Å². The predicted molar refractivity (Wildman–Crippen MR) is 127 cm³/mol. The number of hydrogen-bond donors (Lipinski definition) is 8. The molecule has 0 saturated carbocycles. The molecule has 4 unspecified atom stereocenters. The van der Waals surface area contributed by atoms with Gasteiger partial charge in [0, 0.05) is 23.5 Å². The summed E-state index contributed by atoms with van der Waals surface area (Å²) in [6.07, 6.45) is 2.37. The summed E-state index contributed by atoms with van der Waals surface area (Å²) in [5, 5.41) is 30.1. The van der Waals surface area contributed by atoms with Crippen molar-refractivity contribution in [3.63, 3.8) is 0 Å². The quantitative estimate of drug-likeness (QED) is 0.160. The Balaban J connectivity index is 1.79. The number of H-pyrrole nitrogens is 1. The van der Waals surface area contributed by atoms with E-state index in [9.17, 15) is 34.2 Å². The van der Waals surface area contributed by atoms with E-state index in [4.69, 9.17) is 5.73 Å². The fourth-order valence-corrected chi connectivity index (χ4v) is 4.05. The average molecular weight is 503 g/mol. The Morgan fingerprint density at radius 2 is 1.72 bits per heavy atom. The fraction of sp³-hybridized carbons (Fsp3) is 0.435. The second kappa shape index (κ2) is 12.1. The molecule has 0 aliphatic carbocycles. The van der Waals surface area contributed by atoms with Crippen LogP contribution in [0.5, 0.6) is 0 Å². The van der Waals surface area contributed by atoms with Crippen LogP contribution >= 0.6 is 0 Å². The number of nitrogens with one attached hydrogen (secondary N) is 5. The van der Waals surface area contributed by atoms with Crippen LogP contribution in [0.2, 0.25) is 0 Å². The standard InChI is InChI=1S/C23H30N6O7/c24-19(31)9-17(23(35)36)28-21(33)16(8-12-10-26-14-5-2-1-4-13(12)14)27-22(34)18(11-30)29-20(32)15-6-3-7-25-15/h1-2,4-5,10,15-18,25-26,30H,3,6-9,11H2,(H2,24,31)(H,27,34)(H,28,33)(H,29,32)(H,35,36). The molecule has 1 aromatic heterocycles. The highest BCUT2D eigenvalue weighted by Crippen LogP contribution is 2.19. The first-order chi connectivity index (χ1) is 17.2. The summed E-state index contributed by atoms with van der Waals surface area (Å²) in [7, 11) is 0. The lowest BCUT2D eigenvalue weighted by Gasteiger charge is -2.24. The van der Waals surface area contributed by atoms with Crippen molar-refractivity contribution in [1.82, 2.24) is 26.3 Å². The molecule has 9 N–H and O–H groups in total. The molecule has 1 aromatic carbocycles. The van der Waals surface area contributed by atoms with Gasteiger partial charge in [0.2, 0.25) is 23.6 Å². The maximum absolute atomic E-state index is 13.1. The van der Waals surface area contributed by atoms with Gasteiger partial charge in [0.05, 0.1) is 19.1 Å². The highest BCUT2D eigenvalue weighted by atomic mass is 16.4. The van der Waals surface area contributed by atoms with E-state index in [1.807, 2.05) is 18.2 Å². The molecule has 1 fully saturated rings. The van der Waals surface area contributed by atoms with E-state index in [1.54, 1.807) is 12.3 Å². The van der Waals surface area contributed by atoms with Crippen LogP contribution < -0.4 is 27.0 Å². The number of aliphatic carboxylic acids is 1. The number of carboxylic acids is 1. The van der Waals surface area contributed by atoms with E-state index in [-0.39, 0.29) is 6.42 Å². The normalized spacial score (nSPS) is 17.6. The van der Waals surface area contributed by atoms with Crippen LogP contribution in [0.15, 0.2) is 30.5 Å². The van der Waals surface area contributed by atoms with Gasteiger partial charge in [0.1, 0.15) is 18.1 Å². The van der Waals surface area contributed by atoms with E-state index in [1.165, 1.54) is 0 Å². The minimum atomic E-state index is -1.60. The molecule has 4 atom stereocenters. The summed E-state index contributed by atoms with van der Waals surface area (Å²) in [5.74, 6) is -4.55. The topological polar surface area (TPSA) is 216 Å². The van der Waals surface area contributed by atoms with Gasteiger partial charge in [-0.3, -0.25) is 19.2 Å². The number of aromatic amines is 1. The molecule has 2 heterocycles. The number of carbonyl (C=O) groups excluding carboxylic acids is 4. The summed E-state index contributed by atoms with van der Waals surface area (Å²) in [6.45, 7) is -0.0534. The maximum atomic E-state index is 13.1. The summed E-state index contributed by atoms with van der Waals surface area (Å²) in [5.41, 5.74) is 6.54. The zero-order valence-corrected chi connectivity index (χ0v) is 19.5. The number of primary amides is 1. The molecule has 0 spiro atoms. The molecular weight excluding hydrogens is 472 g/mol. The molecule has 0 bridgehead atoms. The number of benzene rings is 1. The number of carbonyl (C=O) groups is 5. The number of aromatic nitrogens is 1. The highest BCUT2D eigenvalue weighted by Gasteiger charge is 2.32. The van der Waals surface area contributed by atoms with Crippen molar-refractivity contribution < 1.29 is 34.2 Å². The van der Waals surface area contributed by atoms with Crippen molar-refractivity contribution in [2.45, 2.75) is 49.9 Å². The Hall–Kier alpha value is -3.97. The Morgan fingerprint density at radius 3 is 2.36 bits per heavy atom. The van der Waals surface area contributed by atoms with Crippen LogP contribution in [-0.2, 0) is 30.4 Å². The summed E-state index contributed by atoms with van der Waals surface area (Å²) < 4.78 is 0. The number of para-hydroxylation sites is 1. The van der Waals surface area contributed by atoms with E-state index >= 15 is 0 Å². The van der Waals surface area contributed by atoms with Gasteiger partial charge in [-0.2, -0.15) is 0 Å². The lowest BCUT2D eigenvalue weighted by molar-refractivity contribution is -0.143. The van der Waals surface area contributed by atoms with Gasteiger partial charge in [-0.05, 0) is 31.0 Å². The minimum absolute atomic E-state index is 0.0409. The number of rotatable bonds is 12. The number of aliphatic hydroxyl groups is 1. The van der Waals surface area contributed by atoms with Gasteiger partial charge in [-0.25, -0.2) is 4.79 Å². The number of aliphatic hydroxyl groups excluding tert-OH is 1. The largest absolute Gasteiger partial charge is 0.480 e. The Bertz CT molecular complexity index is 1130. The third-order valence-corrected chi connectivity index (χ3v) is 5.94. The Labute approximate surface area is 206 Å². The Kier molecular flexibility index (Phi) is 8.97. The lowest BCUT2D eigenvalue weighted by Crippen LogP contribution is -2.58. The van der Waals surface area contributed by atoms with Gasteiger partial charge in [-0.15, -0.1) is 0 Å². The first kappa shape index (κ1) is 26.6. The molecular formula is C23H30N6O7. The number of amides is 4. The second-order valence-corrected chi connectivity index (χ2v) is 8.59. The third-order valence-electron chi connectivity index (χ3n) is 5.94. The van der Waals surface area contributed by atoms with Crippen LogP contribution in [0.4, 0.5) is 0 Å².